The van der Waals surface area contributed by atoms with Crippen LogP contribution in [0.4, 0.5) is 10.5 Å². The second-order valence-corrected chi connectivity index (χ2v) is 8.18. The first-order valence-corrected chi connectivity index (χ1v) is 9.86. The molecule has 2 atom stereocenters. The van der Waals surface area contributed by atoms with Gasteiger partial charge in [-0.15, -0.1) is 11.6 Å². The first kappa shape index (κ1) is 22.3. The molecule has 30 heavy (non-hydrogen) atoms. The third-order valence-corrected chi connectivity index (χ3v) is 6.42. The highest BCUT2D eigenvalue weighted by Gasteiger charge is 2.55. The van der Waals surface area contributed by atoms with E-state index in [1.807, 2.05) is 0 Å². The molecule has 11 heteroatoms. The van der Waals surface area contributed by atoms with Crippen LogP contribution in [-0.4, -0.2) is 32.0 Å². The van der Waals surface area contributed by atoms with Crippen LogP contribution in [0.15, 0.2) is 64.3 Å². The number of carbonyl (C=O) groups excluding carboxylic acids is 2. The van der Waals surface area contributed by atoms with Crippen molar-refractivity contribution in [2.75, 3.05) is 5.32 Å². The standard InChI is InChI=1S/C19H14Cl3N3O4S/c20-14-8-10(9-18(21,19(14,22)28)16(30)25-17(23)27)11-4-1-2-5-12(11)24-15(26)13-6-3-7-29-13/h1-9,28H,(H,24,26)(H3,23,25,27,30). The zero-order chi connectivity index (χ0) is 22.1. The normalized spacial score (nSPS) is 23.2. The highest BCUT2D eigenvalue weighted by atomic mass is 35.5. The highest BCUT2D eigenvalue weighted by molar-refractivity contribution is 7.80. The molecule has 0 saturated heterocycles. The Labute approximate surface area is 191 Å². The van der Waals surface area contributed by atoms with Gasteiger partial charge in [-0.1, -0.05) is 53.6 Å². The monoisotopic (exact) mass is 485 g/mol. The first-order valence-electron chi connectivity index (χ1n) is 8.32. The Morgan fingerprint density at radius 3 is 2.50 bits per heavy atom. The van der Waals surface area contributed by atoms with Crippen LogP contribution in [0, 0.1) is 0 Å². The summed E-state index contributed by atoms with van der Waals surface area (Å²) in [4.78, 5) is 21.3. The lowest BCUT2D eigenvalue weighted by molar-refractivity contribution is 0.0996. The van der Waals surface area contributed by atoms with E-state index in [-0.39, 0.29) is 15.8 Å². The van der Waals surface area contributed by atoms with Gasteiger partial charge in [-0.05, 0) is 35.9 Å². The average molecular weight is 487 g/mol. The van der Waals surface area contributed by atoms with Gasteiger partial charge in [-0.2, -0.15) is 0 Å². The molecular weight excluding hydrogens is 473 g/mol. The number of urea groups is 1. The van der Waals surface area contributed by atoms with Gasteiger partial charge < -0.3 is 25.9 Å². The Kier molecular flexibility index (Phi) is 6.26. The fourth-order valence-corrected chi connectivity index (χ4v) is 3.92. The van der Waals surface area contributed by atoms with E-state index in [4.69, 9.17) is 57.2 Å². The molecule has 0 spiro atoms. The van der Waals surface area contributed by atoms with Crippen LogP contribution in [0.5, 0.6) is 0 Å². The summed E-state index contributed by atoms with van der Waals surface area (Å²) < 4.78 is 5.10. The molecule has 1 aromatic heterocycles. The van der Waals surface area contributed by atoms with Crippen LogP contribution in [0.25, 0.3) is 5.57 Å². The van der Waals surface area contributed by atoms with Gasteiger partial charge in [-0.3, -0.25) is 4.79 Å². The molecule has 156 valence electrons. The van der Waals surface area contributed by atoms with E-state index < -0.39 is 21.9 Å². The van der Waals surface area contributed by atoms with Crippen molar-refractivity contribution in [3.05, 3.63) is 71.2 Å². The summed E-state index contributed by atoms with van der Waals surface area (Å²) in [5.74, 6) is -0.361. The lowest BCUT2D eigenvalue weighted by atomic mass is 9.88. The molecule has 5 N–H and O–H groups in total. The SMILES string of the molecule is NC(=O)NC(=S)C1(Cl)C=C(c2ccccc2NC(=O)c2ccco2)C=C(Cl)C1(O)Cl. The van der Waals surface area contributed by atoms with Crippen LogP contribution < -0.4 is 16.4 Å². The Morgan fingerprint density at radius 1 is 1.17 bits per heavy atom. The summed E-state index contributed by atoms with van der Waals surface area (Å²) in [6.45, 7) is 0. The number of alkyl halides is 2. The van der Waals surface area contributed by atoms with Crippen LogP contribution in [0.1, 0.15) is 16.1 Å². The molecule has 1 aromatic carbocycles. The van der Waals surface area contributed by atoms with Crippen molar-refractivity contribution in [1.29, 1.82) is 0 Å². The molecule has 1 aliphatic carbocycles. The number of carbonyl (C=O) groups is 2. The molecule has 0 saturated carbocycles. The van der Waals surface area contributed by atoms with Crippen LogP contribution in [-0.2, 0) is 0 Å². The van der Waals surface area contributed by atoms with Crippen LogP contribution >= 0.6 is 47.0 Å². The third kappa shape index (κ3) is 4.10. The fraction of sp³-hybridized carbons (Fsp3) is 0.105. The summed E-state index contributed by atoms with van der Waals surface area (Å²) >= 11 is 24.0. The number of amides is 3. The maximum atomic E-state index is 12.4. The minimum absolute atomic E-state index is 0.115. The number of anilines is 1. The number of para-hydroxylation sites is 1. The Bertz CT molecular complexity index is 1080. The highest BCUT2D eigenvalue weighted by Crippen LogP contribution is 2.48. The van der Waals surface area contributed by atoms with Gasteiger partial charge in [-0.25, -0.2) is 4.79 Å². The molecule has 1 aliphatic rings. The Hall–Kier alpha value is -2.36. The fourth-order valence-electron chi connectivity index (χ4n) is 2.77. The average Bonchev–Trinajstić information content (AvgIpc) is 3.21. The van der Waals surface area contributed by atoms with Gasteiger partial charge >= 0.3 is 6.03 Å². The number of primary amides is 1. The van der Waals surface area contributed by atoms with Crippen molar-refractivity contribution in [3.8, 4) is 0 Å². The third-order valence-electron chi connectivity index (χ3n) is 4.23. The van der Waals surface area contributed by atoms with Gasteiger partial charge in [0, 0.05) is 11.3 Å². The molecule has 7 nitrogen and oxygen atoms in total. The predicted molar refractivity (Wildman–Crippen MR) is 120 cm³/mol. The number of hydrogen-bond acceptors (Lipinski definition) is 5. The van der Waals surface area contributed by atoms with Crippen molar-refractivity contribution < 1.29 is 19.1 Å². The van der Waals surface area contributed by atoms with Crippen LogP contribution in [0.3, 0.4) is 0 Å². The Morgan fingerprint density at radius 2 is 1.87 bits per heavy atom. The number of aliphatic hydroxyl groups is 1. The second-order valence-electron chi connectivity index (χ2n) is 6.22. The molecule has 1 heterocycles. The number of rotatable bonds is 4. The number of benzene rings is 1. The molecule has 0 bridgehead atoms. The maximum Gasteiger partial charge on any atom is 0.317 e. The molecule has 0 aliphatic heterocycles. The quantitative estimate of drug-likeness (QED) is 0.385. The topological polar surface area (TPSA) is 118 Å². The zero-order valence-corrected chi connectivity index (χ0v) is 18.1. The zero-order valence-electron chi connectivity index (χ0n) is 15.0. The number of hydrogen-bond donors (Lipinski definition) is 4. The Balaban J connectivity index is 2.06. The second kappa shape index (κ2) is 8.41. The molecule has 0 fully saturated rings. The van der Waals surface area contributed by atoms with E-state index >= 15 is 0 Å². The van der Waals surface area contributed by atoms with Crippen molar-refractivity contribution in [1.82, 2.24) is 5.32 Å². The molecule has 2 aromatic rings. The number of halogens is 3. The van der Waals surface area contributed by atoms with Gasteiger partial charge in [0.2, 0.25) is 5.06 Å². The maximum absolute atomic E-state index is 12.4. The van der Waals surface area contributed by atoms with E-state index in [0.717, 1.165) is 0 Å². The summed E-state index contributed by atoms with van der Waals surface area (Å²) in [5, 5.41) is 12.9. The first-order chi connectivity index (χ1) is 14.1. The number of nitrogens with two attached hydrogens (primary N) is 1. The molecular formula is C19H14Cl3N3O4S. The smallest absolute Gasteiger partial charge is 0.317 e. The lowest BCUT2D eigenvalue weighted by Crippen LogP contribution is -2.57. The number of furan rings is 1. The predicted octanol–water partition coefficient (Wildman–Crippen LogP) is 3.95. The van der Waals surface area contributed by atoms with Crippen LogP contribution in [0.2, 0.25) is 0 Å². The van der Waals surface area contributed by atoms with Crippen molar-refractivity contribution in [2.24, 2.45) is 5.73 Å². The molecule has 0 radical (unpaired) electrons. The van der Waals surface area contributed by atoms with Gasteiger partial charge in [0.15, 0.2) is 10.6 Å². The van der Waals surface area contributed by atoms with Gasteiger partial charge in [0.1, 0.15) is 4.99 Å². The van der Waals surface area contributed by atoms with E-state index in [0.29, 0.717) is 16.8 Å². The number of nitrogens with one attached hydrogen (secondary N) is 2. The van der Waals surface area contributed by atoms with E-state index in [1.165, 1.54) is 24.5 Å². The summed E-state index contributed by atoms with van der Waals surface area (Å²) in [7, 11) is 0. The summed E-state index contributed by atoms with van der Waals surface area (Å²) in [6, 6.07) is 8.88. The largest absolute Gasteiger partial charge is 0.459 e. The minimum Gasteiger partial charge on any atom is -0.459 e. The number of thiocarbonyl (C=S) groups is 1. The van der Waals surface area contributed by atoms with E-state index in [2.05, 4.69) is 10.6 Å². The van der Waals surface area contributed by atoms with Crippen molar-refractivity contribution >= 4 is 75.2 Å². The minimum atomic E-state index is -2.36. The van der Waals surface area contributed by atoms with Crippen molar-refractivity contribution in [3.63, 3.8) is 0 Å². The van der Waals surface area contributed by atoms with Crippen molar-refractivity contribution in [2.45, 2.75) is 9.93 Å². The van der Waals surface area contributed by atoms with E-state index in [9.17, 15) is 14.7 Å². The number of allylic oxidation sites excluding steroid dienone is 2. The lowest BCUT2D eigenvalue weighted by Gasteiger charge is -2.39. The molecule has 3 rings (SSSR count). The van der Waals surface area contributed by atoms with Gasteiger partial charge in [0.05, 0.1) is 11.3 Å². The molecule has 3 amide bonds. The summed E-state index contributed by atoms with van der Waals surface area (Å²) in [5.41, 5.74) is 6.38. The molecule has 2 unspecified atom stereocenters. The summed E-state index contributed by atoms with van der Waals surface area (Å²) in [6.07, 6.45) is 4.08. The van der Waals surface area contributed by atoms with Gasteiger partial charge in [0.25, 0.3) is 5.91 Å². The van der Waals surface area contributed by atoms with E-state index in [1.54, 1.807) is 30.3 Å².